The third-order valence-electron chi connectivity index (χ3n) is 3.02. The van der Waals surface area contributed by atoms with Gasteiger partial charge in [0, 0.05) is 6.07 Å². The second-order valence-electron chi connectivity index (χ2n) is 4.35. The maximum absolute atomic E-state index is 11.9. The number of carbonyl (C=O) groups excluding carboxylic acids is 1. The molecule has 1 atom stereocenters. The van der Waals surface area contributed by atoms with Gasteiger partial charge in [0.25, 0.3) is 11.4 Å². The molecule has 1 aromatic carbocycles. The third kappa shape index (κ3) is 2.88. The van der Waals surface area contributed by atoms with Crippen molar-refractivity contribution in [3.05, 3.63) is 38.4 Å². The molecular weight excluding hydrogens is 268 g/mol. The van der Waals surface area contributed by atoms with Crippen molar-refractivity contribution in [3.63, 3.8) is 0 Å². The molecule has 2 N–H and O–H groups in total. The molecule has 106 valence electrons. The Kier molecular flexibility index (Phi) is 3.89. The molecule has 0 radical (unpaired) electrons. The molecule has 2 rings (SSSR count). The Balaban J connectivity index is 2.24. The summed E-state index contributed by atoms with van der Waals surface area (Å²) in [6, 6.07) is 2.73. The van der Waals surface area contributed by atoms with Gasteiger partial charge < -0.3 is 10.6 Å². The molecule has 0 spiro atoms. The van der Waals surface area contributed by atoms with Gasteiger partial charge >= 0.3 is 0 Å². The molecule has 0 aromatic heterocycles. The lowest BCUT2D eigenvalue weighted by atomic mass is 10.2. The van der Waals surface area contributed by atoms with Gasteiger partial charge in [-0.3, -0.25) is 25.0 Å². The molecule has 1 saturated heterocycles. The van der Waals surface area contributed by atoms with Gasteiger partial charge in [-0.2, -0.15) is 0 Å². The van der Waals surface area contributed by atoms with E-state index in [1.165, 1.54) is 6.07 Å². The van der Waals surface area contributed by atoms with Crippen molar-refractivity contribution in [2.24, 2.45) is 0 Å². The number of hydrogen-bond acceptors (Lipinski definition) is 6. The normalized spacial score (nSPS) is 17.7. The third-order valence-corrected chi connectivity index (χ3v) is 3.02. The van der Waals surface area contributed by atoms with E-state index in [-0.39, 0.29) is 17.6 Å². The van der Waals surface area contributed by atoms with Crippen LogP contribution in [0.4, 0.5) is 17.1 Å². The first-order valence-electron chi connectivity index (χ1n) is 5.96. The highest BCUT2D eigenvalue weighted by Gasteiger charge is 2.26. The van der Waals surface area contributed by atoms with Crippen molar-refractivity contribution >= 4 is 23.0 Å². The van der Waals surface area contributed by atoms with Gasteiger partial charge in [0.1, 0.15) is 5.69 Å². The van der Waals surface area contributed by atoms with Crippen LogP contribution in [0.5, 0.6) is 0 Å². The predicted molar refractivity (Wildman–Crippen MR) is 69.4 cm³/mol. The Morgan fingerprint density at radius 1 is 1.30 bits per heavy atom. The summed E-state index contributed by atoms with van der Waals surface area (Å²) in [5, 5.41) is 26.9. The largest absolute Gasteiger partial charge is 0.319 e. The minimum atomic E-state index is -0.759. The quantitative estimate of drug-likeness (QED) is 0.630. The predicted octanol–water partition coefficient (Wildman–Crippen LogP) is 1.19. The number of anilines is 1. The number of benzene rings is 1. The van der Waals surface area contributed by atoms with Crippen LogP contribution >= 0.6 is 0 Å². The van der Waals surface area contributed by atoms with Crippen molar-refractivity contribution in [3.8, 4) is 0 Å². The average Bonchev–Trinajstić information content (AvgIpc) is 2.92. The number of nitrogens with one attached hydrogen (secondary N) is 2. The summed E-state index contributed by atoms with van der Waals surface area (Å²) >= 11 is 0. The summed E-state index contributed by atoms with van der Waals surface area (Å²) in [6.07, 6.45) is 1.52. The first-order chi connectivity index (χ1) is 9.49. The standard InChI is InChI=1S/C11H12N4O5/c16-11(9-2-1-5-12-9)13-8-4-3-7(14(17)18)6-10(8)15(19)20/h3-4,6,9,12H,1-2,5H2,(H,13,16)/t9-/m0/s1. The van der Waals surface area contributed by atoms with Crippen LogP contribution in [0.1, 0.15) is 12.8 Å². The number of amides is 1. The molecule has 20 heavy (non-hydrogen) atoms. The molecule has 0 bridgehead atoms. The van der Waals surface area contributed by atoms with E-state index in [0.29, 0.717) is 6.42 Å². The van der Waals surface area contributed by atoms with E-state index in [0.717, 1.165) is 25.1 Å². The number of hydrogen-bond donors (Lipinski definition) is 2. The van der Waals surface area contributed by atoms with Crippen molar-refractivity contribution in [2.75, 3.05) is 11.9 Å². The van der Waals surface area contributed by atoms with Crippen LogP contribution in [-0.4, -0.2) is 28.3 Å². The second kappa shape index (κ2) is 5.61. The Morgan fingerprint density at radius 2 is 2.05 bits per heavy atom. The lowest BCUT2D eigenvalue weighted by Crippen LogP contribution is -2.35. The summed E-state index contributed by atoms with van der Waals surface area (Å²) < 4.78 is 0. The fourth-order valence-corrected chi connectivity index (χ4v) is 2.02. The summed E-state index contributed by atoms with van der Waals surface area (Å²) in [6.45, 7) is 0.723. The minimum Gasteiger partial charge on any atom is -0.319 e. The molecule has 9 nitrogen and oxygen atoms in total. The van der Waals surface area contributed by atoms with E-state index in [2.05, 4.69) is 10.6 Å². The first-order valence-corrected chi connectivity index (χ1v) is 5.96. The molecule has 1 aliphatic rings. The zero-order valence-corrected chi connectivity index (χ0v) is 10.4. The van der Waals surface area contributed by atoms with E-state index in [1.54, 1.807) is 0 Å². The number of nitro benzene ring substituents is 2. The molecule has 1 heterocycles. The van der Waals surface area contributed by atoms with Gasteiger partial charge in [0.15, 0.2) is 0 Å². The molecule has 9 heteroatoms. The van der Waals surface area contributed by atoms with Crippen molar-refractivity contribution in [2.45, 2.75) is 18.9 Å². The molecule has 0 unspecified atom stereocenters. The van der Waals surface area contributed by atoms with Crippen LogP contribution < -0.4 is 10.6 Å². The molecule has 0 aliphatic carbocycles. The number of rotatable bonds is 4. The molecule has 1 fully saturated rings. The van der Waals surface area contributed by atoms with Crippen molar-refractivity contribution in [1.82, 2.24) is 5.32 Å². The van der Waals surface area contributed by atoms with Gasteiger partial charge in [0.05, 0.1) is 22.0 Å². The molecule has 1 amide bonds. The van der Waals surface area contributed by atoms with Crippen LogP contribution in [0.3, 0.4) is 0 Å². The van der Waals surface area contributed by atoms with Gasteiger partial charge in [-0.05, 0) is 25.5 Å². The van der Waals surface area contributed by atoms with Gasteiger partial charge in [-0.1, -0.05) is 0 Å². The van der Waals surface area contributed by atoms with Crippen molar-refractivity contribution < 1.29 is 14.6 Å². The topological polar surface area (TPSA) is 127 Å². The second-order valence-corrected chi connectivity index (χ2v) is 4.35. The van der Waals surface area contributed by atoms with E-state index in [4.69, 9.17) is 0 Å². The van der Waals surface area contributed by atoms with Crippen LogP contribution in [0.25, 0.3) is 0 Å². The lowest BCUT2D eigenvalue weighted by molar-refractivity contribution is -0.393. The fraction of sp³-hybridized carbons (Fsp3) is 0.364. The van der Waals surface area contributed by atoms with Crippen LogP contribution in [0.15, 0.2) is 18.2 Å². The zero-order chi connectivity index (χ0) is 14.7. The van der Waals surface area contributed by atoms with Crippen LogP contribution in [-0.2, 0) is 4.79 Å². The zero-order valence-electron chi connectivity index (χ0n) is 10.4. The fourth-order valence-electron chi connectivity index (χ4n) is 2.02. The van der Waals surface area contributed by atoms with E-state index in [1.807, 2.05) is 0 Å². The molecule has 0 saturated carbocycles. The van der Waals surface area contributed by atoms with Crippen molar-refractivity contribution in [1.29, 1.82) is 0 Å². The van der Waals surface area contributed by atoms with Gasteiger partial charge in [-0.15, -0.1) is 0 Å². The van der Waals surface area contributed by atoms with Gasteiger partial charge in [0.2, 0.25) is 5.91 Å². The Bertz CT molecular complexity index is 568. The highest BCUT2D eigenvalue weighted by atomic mass is 16.6. The number of carbonyl (C=O) groups is 1. The Labute approximate surface area is 113 Å². The average molecular weight is 280 g/mol. The number of non-ortho nitro benzene ring substituents is 1. The van der Waals surface area contributed by atoms with Crippen LogP contribution in [0.2, 0.25) is 0 Å². The first kappa shape index (κ1) is 13.9. The highest BCUT2D eigenvalue weighted by Crippen LogP contribution is 2.29. The number of nitrogens with zero attached hydrogens (tertiary/aromatic N) is 2. The maximum Gasteiger partial charge on any atom is 0.299 e. The SMILES string of the molecule is O=C(Nc1ccc([N+](=O)[O-])cc1[N+](=O)[O-])[C@@H]1CCCN1. The lowest BCUT2D eigenvalue weighted by Gasteiger charge is -2.11. The Morgan fingerprint density at radius 3 is 2.60 bits per heavy atom. The minimum absolute atomic E-state index is 0.0423. The summed E-state index contributed by atoms with van der Waals surface area (Å²) in [4.78, 5) is 31.9. The smallest absolute Gasteiger partial charge is 0.299 e. The van der Waals surface area contributed by atoms with E-state index >= 15 is 0 Å². The molecule has 1 aliphatic heterocycles. The Hall–Kier alpha value is -2.55. The van der Waals surface area contributed by atoms with Gasteiger partial charge in [-0.25, -0.2) is 0 Å². The number of nitro groups is 2. The van der Waals surface area contributed by atoms with Crippen LogP contribution in [0, 0.1) is 20.2 Å². The molecule has 1 aromatic rings. The highest BCUT2D eigenvalue weighted by molar-refractivity contribution is 5.97. The summed E-state index contributed by atoms with van der Waals surface area (Å²) in [5.41, 5.74) is -0.932. The molecular formula is C11H12N4O5. The monoisotopic (exact) mass is 280 g/mol. The van der Waals surface area contributed by atoms with E-state index < -0.39 is 21.2 Å². The summed E-state index contributed by atoms with van der Waals surface area (Å²) in [5.74, 6) is -0.376. The maximum atomic E-state index is 11.9. The summed E-state index contributed by atoms with van der Waals surface area (Å²) in [7, 11) is 0. The van der Waals surface area contributed by atoms with E-state index in [9.17, 15) is 25.0 Å².